The third-order valence-corrected chi connectivity index (χ3v) is 4.74. The molecule has 1 heterocycles. The molecule has 0 aliphatic carbocycles. The number of nitrogens with zero attached hydrogens (tertiary/aromatic N) is 1. The zero-order valence-corrected chi connectivity index (χ0v) is 12.7. The van der Waals surface area contributed by atoms with Crippen molar-refractivity contribution in [1.29, 1.82) is 0 Å². The first-order chi connectivity index (χ1) is 11.1. The van der Waals surface area contributed by atoms with Gasteiger partial charge in [-0.1, -0.05) is 18.2 Å². The van der Waals surface area contributed by atoms with Gasteiger partial charge in [0, 0.05) is 23.9 Å². The number of amides is 2. The Kier molecular flexibility index (Phi) is 4.47. The van der Waals surface area contributed by atoms with Gasteiger partial charge in [-0.05, 0) is 18.2 Å². The highest BCUT2D eigenvalue weighted by atomic mass is 32.2. The summed E-state index contributed by atoms with van der Waals surface area (Å²) in [6.07, 6.45) is 0. The van der Waals surface area contributed by atoms with Crippen LogP contribution >= 0.6 is 11.8 Å². The summed E-state index contributed by atoms with van der Waals surface area (Å²) >= 11 is 1.43. The van der Waals surface area contributed by atoms with E-state index >= 15 is 0 Å². The Morgan fingerprint density at radius 1 is 1.13 bits per heavy atom. The zero-order chi connectivity index (χ0) is 16.4. The molecule has 3 nitrogen and oxygen atoms in total. The molecule has 1 unspecified atom stereocenters. The minimum atomic E-state index is -0.854. The van der Waals surface area contributed by atoms with Crippen LogP contribution in [-0.4, -0.2) is 23.2 Å². The van der Waals surface area contributed by atoms with Crippen LogP contribution in [0.25, 0.3) is 0 Å². The minimum Gasteiger partial charge on any atom is -0.307 e. The van der Waals surface area contributed by atoms with Gasteiger partial charge in [0.1, 0.15) is 22.8 Å². The van der Waals surface area contributed by atoms with Gasteiger partial charge in [0.25, 0.3) is 0 Å². The Bertz CT molecular complexity index is 741. The fourth-order valence-corrected chi connectivity index (χ4v) is 3.67. The number of hydrogen-bond donors (Lipinski definition) is 1. The highest BCUT2D eigenvalue weighted by Gasteiger charge is 2.32. The lowest BCUT2D eigenvalue weighted by atomic mass is 10.2. The van der Waals surface area contributed by atoms with E-state index in [1.165, 1.54) is 22.7 Å². The van der Waals surface area contributed by atoms with Crippen molar-refractivity contribution in [1.82, 2.24) is 4.90 Å². The monoisotopic (exact) mass is 338 g/mol. The van der Waals surface area contributed by atoms with Gasteiger partial charge in [-0.25, -0.2) is 18.0 Å². The van der Waals surface area contributed by atoms with Crippen molar-refractivity contribution in [3.05, 3.63) is 65.5 Å². The van der Waals surface area contributed by atoms with Crippen molar-refractivity contribution in [3.8, 4) is 0 Å². The Labute approximate surface area is 135 Å². The average Bonchev–Trinajstić information content (AvgIpc) is 3.00. The van der Waals surface area contributed by atoms with E-state index in [2.05, 4.69) is 5.32 Å². The lowest BCUT2D eigenvalue weighted by molar-refractivity contribution is 0.213. The van der Waals surface area contributed by atoms with Crippen molar-refractivity contribution < 1.29 is 18.0 Å². The molecule has 0 spiro atoms. The molecule has 1 N–H and O–H groups in total. The highest BCUT2D eigenvalue weighted by molar-refractivity contribution is 7.99. The number of urea groups is 1. The van der Waals surface area contributed by atoms with Gasteiger partial charge in [-0.3, -0.25) is 0 Å². The van der Waals surface area contributed by atoms with Gasteiger partial charge in [0.2, 0.25) is 0 Å². The fraction of sp³-hybridized carbons (Fsp3) is 0.188. The molecule has 1 atom stereocenters. The zero-order valence-electron chi connectivity index (χ0n) is 11.9. The standard InChI is InChI=1S/C16H13F3N2OS/c17-10-5-6-14(13(19)9-10)20-16(22)21-7-8-23-15(21)11-3-1-2-4-12(11)18/h1-6,9,15H,7-8H2,(H,20,22). The molecule has 1 fully saturated rings. The topological polar surface area (TPSA) is 32.3 Å². The summed E-state index contributed by atoms with van der Waals surface area (Å²) in [6.45, 7) is 0.415. The van der Waals surface area contributed by atoms with E-state index < -0.39 is 28.9 Å². The molecular weight excluding hydrogens is 325 g/mol. The second-order valence-corrected chi connectivity index (χ2v) is 6.18. The number of rotatable bonds is 2. The van der Waals surface area contributed by atoms with Gasteiger partial charge in [0.05, 0.1) is 5.69 Å². The van der Waals surface area contributed by atoms with E-state index in [0.717, 1.165) is 12.1 Å². The van der Waals surface area contributed by atoms with Crippen LogP contribution in [-0.2, 0) is 0 Å². The summed E-state index contributed by atoms with van der Waals surface area (Å²) in [5.41, 5.74) is 0.297. The second kappa shape index (κ2) is 6.54. The number of benzene rings is 2. The summed E-state index contributed by atoms with van der Waals surface area (Å²) < 4.78 is 40.5. The van der Waals surface area contributed by atoms with Crippen molar-refractivity contribution in [3.63, 3.8) is 0 Å². The molecule has 0 radical (unpaired) electrons. The van der Waals surface area contributed by atoms with Crippen LogP contribution in [0.15, 0.2) is 42.5 Å². The molecule has 7 heteroatoms. The summed E-state index contributed by atoms with van der Waals surface area (Å²) in [6, 6.07) is 8.61. The number of thioether (sulfide) groups is 1. The summed E-state index contributed by atoms with van der Waals surface area (Å²) in [4.78, 5) is 13.8. The minimum absolute atomic E-state index is 0.111. The average molecular weight is 338 g/mol. The maximum absolute atomic E-state index is 13.9. The molecule has 1 aliphatic heterocycles. The van der Waals surface area contributed by atoms with E-state index in [0.29, 0.717) is 23.9 Å². The molecule has 2 amide bonds. The molecule has 3 rings (SSSR count). The normalized spacial score (nSPS) is 17.3. The van der Waals surface area contributed by atoms with Crippen molar-refractivity contribution in [2.75, 3.05) is 17.6 Å². The maximum atomic E-state index is 13.9. The summed E-state index contributed by atoms with van der Waals surface area (Å²) in [5.74, 6) is -1.31. The molecule has 0 aromatic heterocycles. The third kappa shape index (κ3) is 3.29. The second-order valence-electron chi connectivity index (χ2n) is 4.99. The van der Waals surface area contributed by atoms with Crippen LogP contribution in [0.1, 0.15) is 10.9 Å². The Morgan fingerprint density at radius 3 is 2.65 bits per heavy atom. The van der Waals surface area contributed by atoms with E-state index in [9.17, 15) is 18.0 Å². The molecule has 2 aromatic carbocycles. The molecule has 2 aromatic rings. The molecule has 1 aliphatic rings. The highest BCUT2D eigenvalue weighted by Crippen LogP contribution is 2.39. The fourth-order valence-electron chi connectivity index (χ4n) is 2.39. The van der Waals surface area contributed by atoms with Crippen LogP contribution in [0.5, 0.6) is 0 Å². The van der Waals surface area contributed by atoms with Gasteiger partial charge in [-0.2, -0.15) is 0 Å². The number of carbonyl (C=O) groups is 1. The predicted octanol–water partition coefficient (Wildman–Crippen LogP) is 4.38. The summed E-state index contributed by atoms with van der Waals surface area (Å²) in [7, 11) is 0. The maximum Gasteiger partial charge on any atom is 0.323 e. The van der Waals surface area contributed by atoms with Crippen LogP contribution < -0.4 is 5.32 Å². The van der Waals surface area contributed by atoms with E-state index in [1.807, 2.05) is 0 Å². The predicted molar refractivity (Wildman–Crippen MR) is 83.7 cm³/mol. The lowest BCUT2D eigenvalue weighted by Crippen LogP contribution is -2.34. The Morgan fingerprint density at radius 2 is 1.91 bits per heavy atom. The summed E-state index contributed by atoms with van der Waals surface area (Å²) in [5, 5.41) is 1.94. The van der Waals surface area contributed by atoms with E-state index in [1.54, 1.807) is 18.2 Å². The molecule has 0 bridgehead atoms. The van der Waals surface area contributed by atoms with Gasteiger partial charge < -0.3 is 10.2 Å². The number of hydrogen-bond acceptors (Lipinski definition) is 2. The molecule has 120 valence electrons. The first kappa shape index (κ1) is 15.7. The van der Waals surface area contributed by atoms with Crippen molar-refractivity contribution >= 4 is 23.5 Å². The Balaban J connectivity index is 1.80. The first-order valence-electron chi connectivity index (χ1n) is 6.95. The largest absolute Gasteiger partial charge is 0.323 e. The van der Waals surface area contributed by atoms with Crippen LogP contribution in [0.2, 0.25) is 0 Å². The van der Waals surface area contributed by atoms with Crippen LogP contribution in [0.3, 0.4) is 0 Å². The number of carbonyl (C=O) groups excluding carboxylic acids is 1. The number of anilines is 1. The van der Waals surface area contributed by atoms with Gasteiger partial charge in [0.15, 0.2) is 0 Å². The van der Waals surface area contributed by atoms with E-state index in [-0.39, 0.29) is 5.69 Å². The van der Waals surface area contributed by atoms with E-state index in [4.69, 9.17) is 0 Å². The SMILES string of the molecule is O=C(Nc1ccc(F)cc1F)N1CCSC1c1ccccc1F. The van der Waals surface area contributed by atoms with Gasteiger partial charge in [-0.15, -0.1) is 11.8 Å². The van der Waals surface area contributed by atoms with Crippen LogP contribution in [0.4, 0.5) is 23.7 Å². The van der Waals surface area contributed by atoms with Crippen molar-refractivity contribution in [2.45, 2.75) is 5.37 Å². The quantitative estimate of drug-likeness (QED) is 0.881. The number of halogens is 3. The molecular formula is C16H13F3N2OS. The van der Waals surface area contributed by atoms with Crippen molar-refractivity contribution in [2.24, 2.45) is 0 Å². The Hall–Kier alpha value is -2.15. The number of nitrogens with one attached hydrogen (secondary N) is 1. The first-order valence-corrected chi connectivity index (χ1v) is 8.00. The van der Waals surface area contributed by atoms with Crippen LogP contribution in [0, 0.1) is 17.5 Å². The molecule has 0 saturated carbocycles. The molecule has 23 heavy (non-hydrogen) atoms. The van der Waals surface area contributed by atoms with Gasteiger partial charge >= 0.3 is 6.03 Å². The molecule has 1 saturated heterocycles. The third-order valence-electron chi connectivity index (χ3n) is 3.50. The smallest absolute Gasteiger partial charge is 0.307 e. The lowest BCUT2D eigenvalue weighted by Gasteiger charge is -2.24.